The Labute approximate surface area is 201 Å². The Kier molecular flexibility index (Phi) is 5.35. The van der Waals surface area contributed by atoms with Crippen LogP contribution in [-0.2, 0) is 10.0 Å². The number of rotatable bonds is 4. The predicted octanol–water partition coefficient (Wildman–Crippen LogP) is 3.64. The number of nitrogens with zero attached hydrogens (tertiary/aromatic N) is 4. The molecule has 174 valence electrons. The molecule has 0 atom stereocenters. The van der Waals surface area contributed by atoms with Crippen molar-refractivity contribution >= 4 is 38.1 Å². The van der Waals surface area contributed by atoms with Crippen LogP contribution in [0, 0.1) is 0 Å². The van der Waals surface area contributed by atoms with Crippen LogP contribution in [0.25, 0.3) is 21.6 Å². The maximum absolute atomic E-state index is 13.3. The molecule has 0 amide bonds. The molecule has 2 aliphatic heterocycles. The molecular weight excluding hydrogens is 472 g/mol. The predicted molar refractivity (Wildman–Crippen MR) is 131 cm³/mol. The van der Waals surface area contributed by atoms with E-state index in [4.69, 9.17) is 19.4 Å². The Morgan fingerprint density at radius 3 is 2.44 bits per heavy atom. The number of hydrogen-bond acceptors (Lipinski definition) is 8. The summed E-state index contributed by atoms with van der Waals surface area (Å²) in [6.07, 6.45) is 0. The van der Waals surface area contributed by atoms with Gasteiger partial charge in [0.1, 0.15) is 19.0 Å². The summed E-state index contributed by atoms with van der Waals surface area (Å²) in [5.41, 5.74) is 0.877. The molecule has 2 aliphatic rings. The zero-order valence-corrected chi connectivity index (χ0v) is 19.9. The Bertz CT molecular complexity index is 1450. The molecule has 1 fully saturated rings. The highest BCUT2D eigenvalue weighted by atomic mass is 32.2. The Morgan fingerprint density at radius 2 is 1.65 bits per heavy atom. The number of piperazine rings is 1. The van der Waals surface area contributed by atoms with E-state index in [9.17, 15) is 8.42 Å². The number of aromatic nitrogens is 2. The van der Waals surface area contributed by atoms with Gasteiger partial charge in [-0.3, -0.25) is 0 Å². The smallest absolute Gasteiger partial charge is 0.243 e. The Balaban J connectivity index is 1.27. The number of hydrogen-bond donors (Lipinski definition) is 0. The molecule has 2 aromatic heterocycles. The first kappa shape index (κ1) is 21.3. The summed E-state index contributed by atoms with van der Waals surface area (Å²) in [4.78, 5) is 13.0. The number of ether oxygens (including phenoxy) is 2. The zero-order chi connectivity index (χ0) is 23.1. The van der Waals surface area contributed by atoms with Gasteiger partial charge in [0, 0.05) is 37.6 Å². The largest absolute Gasteiger partial charge is 0.486 e. The highest BCUT2D eigenvalue weighted by Gasteiger charge is 2.31. The topological polar surface area (TPSA) is 84.9 Å². The van der Waals surface area contributed by atoms with E-state index in [0.717, 1.165) is 21.6 Å². The van der Waals surface area contributed by atoms with Crippen LogP contribution < -0.4 is 14.4 Å². The lowest BCUT2D eigenvalue weighted by atomic mass is 10.2. The van der Waals surface area contributed by atoms with Crippen molar-refractivity contribution in [2.24, 2.45) is 0 Å². The van der Waals surface area contributed by atoms with Gasteiger partial charge in [-0.2, -0.15) is 4.31 Å². The fourth-order valence-electron chi connectivity index (χ4n) is 4.29. The highest BCUT2D eigenvalue weighted by molar-refractivity contribution is 7.89. The maximum atomic E-state index is 13.3. The lowest BCUT2D eigenvalue weighted by molar-refractivity contribution is 0.171. The molecule has 2 aromatic carbocycles. The van der Waals surface area contributed by atoms with Gasteiger partial charge in [0.2, 0.25) is 10.0 Å². The van der Waals surface area contributed by atoms with Crippen molar-refractivity contribution in [3.05, 3.63) is 60.0 Å². The van der Waals surface area contributed by atoms with E-state index < -0.39 is 10.0 Å². The van der Waals surface area contributed by atoms with Crippen LogP contribution in [0.2, 0.25) is 0 Å². The Hall–Kier alpha value is -3.21. The summed E-state index contributed by atoms with van der Waals surface area (Å²) < 4.78 is 39.3. The number of benzene rings is 2. The van der Waals surface area contributed by atoms with Crippen molar-refractivity contribution in [1.82, 2.24) is 14.3 Å². The molecule has 4 aromatic rings. The second kappa shape index (κ2) is 8.53. The van der Waals surface area contributed by atoms with Gasteiger partial charge in [-0.1, -0.05) is 18.2 Å². The third-order valence-electron chi connectivity index (χ3n) is 6.01. The summed E-state index contributed by atoms with van der Waals surface area (Å²) in [7, 11) is -3.65. The van der Waals surface area contributed by atoms with Gasteiger partial charge < -0.3 is 14.4 Å². The van der Waals surface area contributed by atoms with Crippen LogP contribution in [0.4, 0.5) is 5.82 Å². The molecule has 4 heterocycles. The molecule has 10 heteroatoms. The van der Waals surface area contributed by atoms with E-state index in [1.54, 1.807) is 29.5 Å². The number of sulfonamides is 1. The standard InChI is InChI=1S/C24H22N4O4S2/c29-34(30,17-7-8-20-21(16-17)32-14-13-31-20)28-11-9-27(10-12-28)24-18-4-1-2-5-19(18)25-23(26-24)22-6-3-15-33-22/h1-8,15-16H,9-14H2. The van der Waals surface area contributed by atoms with Crippen molar-refractivity contribution < 1.29 is 17.9 Å². The van der Waals surface area contributed by atoms with Crippen LogP contribution in [0.5, 0.6) is 11.5 Å². The normalized spacial score (nSPS) is 16.6. The first-order valence-corrected chi connectivity index (χ1v) is 13.4. The molecular formula is C24H22N4O4S2. The summed E-state index contributed by atoms with van der Waals surface area (Å²) in [6, 6.07) is 16.7. The van der Waals surface area contributed by atoms with Crippen LogP contribution in [-0.4, -0.2) is 62.1 Å². The second-order valence-corrected chi connectivity index (χ2v) is 10.9. The third kappa shape index (κ3) is 3.77. The first-order chi connectivity index (χ1) is 16.6. The minimum absolute atomic E-state index is 0.220. The number of fused-ring (bicyclic) bond motifs is 2. The lowest BCUT2D eigenvalue weighted by Gasteiger charge is -2.35. The number of para-hydroxylation sites is 1. The van der Waals surface area contributed by atoms with Crippen LogP contribution >= 0.6 is 11.3 Å². The van der Waals surface area contributed by atoms with E-state index in [2.05, 4.69) is 4.90 Å². The molecule has 6 rings (SSSR count). The minimum Gasteiger partial charge on any atom is -0.486 e. The molecule has 0 bridgehead atoms. The van der Waals surface area contributed by atoms with Gasteiger partial charge >= 0.3 is 0 Å². The fourth-order valence-corrected chi connectivity index (χ4v) is 6.39. The monoisotopic (exact) mass is 494 g/mol. The van der Waals surface area contributed by atoms with Gasteiger partial charge in [0.05, 0.1) is 15.3 Å². The van der Waals surface area contributed by atoms with Gasteiger partial charge in [0.15, 0.2) is 17.3 Å². The van der Waals surface area contributed by atoms with Crippen molar-refractivity contribution in [3.63, 3.8) is 0 Å². The van der Waals surface area contributed by atoms with Crippen LogP contribution in [0.1, 0.15) is 0 Å². The lowest BCUT2D eigenvalue weighted by Crippen LogP contribution is -2.49. The van der Waals surface area contributed by atoms with Crippen LogP contribution in [0.15, 0.2) is 64.9 Å². The average molecular weight is 495 g/mol. The SMILES string of the molecule is O=S(=O)(c1ccc2c(c1)OCCO2)N1CCN(c2nc(-c3cccs3)nc3ccccc23)CC1. The first-order valence-electron chi connectivity index (χ1n) is 11.0. The summed E-state index contributed by atoms with van der Waals surface area (Å²) >= 11 is 1.60. The minimum atomic E-state index is -3.65. The highest BCUT2D eigenvalue weighted by Crippen LogP contribution is 2.34. The number of thiophene rings is 1. The van der Waals surface area contributed by atoms with E-state index in [1.807, 2.05) is 41.8 Å². The average Bonchev–Trinajstić information content (AvgIpc) is 3.43. The second-order valence-electron chi connectivity index (χ2n) is 8.06. The molecule has 0 aliphatic carbocycles. The van der Waals surface area contributed by atoms with Crippen molar-refractivity contribution in [1.29, 1.82) is 0 Å². The van der Waals surface area contributed by atoms with Gasteiger partial charge in [-0.05, 0) is 35.7 Å². The van der Waals surface area contributed by atoms with Crippen molar-refractivity contribution in [2.75, 3.05) is 44.3 Å². The van der Waals surface area contributed by atoms with Crippen molar-refractivity contribution in [2.45, 2.75) is 4.90 Å². The maximum Gasteiger partial charge on any atom is 0.243 e. The van der Waals surface area contributed by atoms with E-state index in [1.165, 1.54) is 4.31 Å². The molecule has 0 spiro atoms. The molecule has 0 saturated carbocycles. The Morgan fingerprint density at radius 1 is 0.853 bits per heavy atom. The summed E-state index contributed by atoms with van der Waals surface area (Å²) in [5.74, 6) is 2.58. The van der Waals surface area contributed by atoms with Gasteiger partial charge in [-0.25, -0.2) is 18.4 Å². The van der Waals surface area contributed by atoms with Gasteiger partial charge in [-0.15, -0.1) is 11.3 Å². The van der Waals surface area contributed by atoms with E-state index in [-0.39, 0.29) is 4.90 Å². The third-order valence-corrected chi connectivity index (χ3v) is 8.77. The molecule has 34 heavy (non-hydrogen) atoms. The molecule has 0 unspecified atom stereocenters. The molecule has 8 nitrogen and oxygen atoms in total. The molecule has 0 radical (unpaired) electrons. The summed E-state index contributed by atoms with van der Waals surface area (Å²) in [6.45, 7) is 2.68. The molecule has 1 saturated heterocycles. The zero-order valence-electron chi connectivity index (χ0n) is 18.3. The van der Waals surface area contributed by atoms with Crippen LogP contribution in [0.3, 0.4) is 0 Å². The fraction of sp³-hybridized carbons (Fsp3) is 0.250. The van der Waals surface area contributed by atoms with Crippen molar-refractivity contribution in [3.8, 4) is 22.2 Å². The summed E-state index contributed by atoms with van der Waals surface area (Å²) in [5, 5.41) is 2.97. The quantitative estimate of drug-likeness (QED) is 0.428. The molecule has 0 N–H and O–H groups in total. The van der Waals surface area contributed by atoms with Gasteiger partial charge in [0.25, 0.3) is 0 Å². The number of anilines is 1. The van der Waals surface area contributed by atoms with E-state index in [0.29, 0.717) is 56.7 Å². The van der Waals surface area contributed by atoms with E-state index >= 15 is 0 Å².